The minimum atomic E-state index is -3.48. The van der Waals surface area contributed by atoms with Gasteiger partial charge >= 0.3 is 0 Å². The summed E-state index contributed by atoms with van der Waals surface area (Å²) < 4.78 is 25.0. The summed E-state index contributed by atoms with van der Waals surface area (Å²) in [7, 11) is 1.04. The molecule has 0 bridgehead atoms. The highest BCUT2D eigenvalue weighted by molar-refractivity contribution is 7.89. The molecule has 0 aliphatic heterocycles. The second-order valence-corrected chi connectivity index (χ2v) is 7.12. The lowest BCUT2D eigenvalue weighted by Crippen LogP contribution is -2.31. The van der Waals surface area contributed by atoms with Gasteiger partial charge in [0.1, 0.15) is 0 Å². The Kier molecular flexibility index (Phi) is 6.07. The SMILES string of the molecule is CC(=O)NCCC(=O)N(C)c1ccc(S(=O)(=O)N(C)C)cc1. The van der Waals surface area contributed by atoms with Crippen LogP contribution >= 0.6 is 0 Å². The van der Waals surface area contributed by atoms with Gasteiger partial charge in [0, 0.05) is 46.7 Å². The van der Waals surface area contributed by atoms with Gasteiger partial charge in [-0.1, -0.05) is 0 Å². The first-order valence-electron chi connectivity index (χ1n) is 6.70. The predicted molar refractivity (Wildman–Crippen MR) is 84.0 cm³/mol. The summed E-state index contributed by atoms with van der Waals surface area (Å²) in [5.41, 5.74) is 0.588. The molecule has 0 radical (unpaired) electrons. The molecule has 22 heavy (non-hydrogen) atoms. The van der Waals surface area contributed by atoms with Gasteiger partial charge in [-0.15, -0.1) is 0 Å². The highest BCUT2D eigenvalue weighted by atomic mass is 32.2. The van der Waals surface area contributed by atoms with Crippen molar-refractivity contribution in [1.29, 1.82) is 0 Å². The molecule has 1 aromatic carbocycles. The largest absolute Gasteiger partial charge is 0.356 e. The Balaban J connectivity index is 2.78. The van der Waals surface area contributed by atoms with Crippen molar-refractivity contribution < 1.29 is 18.0 Å². The number of hydrogen-bond donors (Lipinski definition) is 1. The molecular formula is C14H21N3O4S. The van der Waals surface area contributed by atoms with E-state index in [0.29, 0.717) is 5.69 Å². The topological polar surface area (TPSA) is 86.8 Å². The molecule has 2 amide bonds. The summed E-state index contributed by atoms with van der Waals surface area (Å²) in [5, 5.41) is 2.55. The van der Waals surface area contributed by atoms with Crippen LogP contribution in [0.5, 0.6) is 0 Å². The Bertz CT molecular complexity index is 639. The minimum Gasteiger partial charge on any atom is -0.356 e. The average molecular weight is 327 g/mol. The average Bonchev–Trinajstić information content (AvgIpc) is 2.45. The van der Waals surface area contributed by atoms with Crippen LogP contribution in [0.25, 0.3) is 0 Å². The fourth-order valence-electron chi connectivity index (χ4n) is 1.71. The standard InChI is InChI=1S/C14H21N3O4S/c1-11(18)15-10-9-14(19)17(4)12-5-7-13(8-6-12)22(20,21)16(2)3/h5-8H,9-10H2,1-4H3,(H,15,18). The second-order valence-electron chi connectivity index (χ2n) is 4.97. The van der Waals surface area contributed by atoms with E-state index >= 15 is 0 Å². The Morgan fingerprint density at radius 1 is 1.09 bits per heavy atom. The lowest BCUT2D eigenvalue weighted by Gasteiger charge is -2.18. The number of carbonyl (C=O) groups excluding carboxylic acids is 2. The van der Waals surface area contributed by atoms with Crippen molar-refractivity contribution in [3.8, 4) is 0 Å². The number of sulfonamides is 1. The van der Waals surface area contributed by atoms with Crippen LogP contribution in [-0.4, -0.2) is 52.2 Å². The summed E-state index contributed by atoms with van der Waals surface area (Å²) in [6.07, 6.45) is 0.174. The van der Waals surface area contributed by atoms with Gasteiger partial charge < -0.3 is 10.2 Å². The quantitative estimate of drug-likeness (QED) is 0.821. The lowest BCUT2D eigenvalue weighted by molar-refractivity contribution is -0.119. The van der Waals surface area contributed by atoms with Crippen LogP contribution < -0.4 is 10.2 Å². The molecule has 1 rings (SSSR count). The normalized spacial score (nSPS) is 11.3. The molecule has 0 saturated carbocycles. The van der Waals surface area contributed by atoms with Gasteiger partial charge in [-0.2, -0.15) is 0 Å². The van der Waals surface area contributed by atoms with E-state index in [2.05, 4.69) is 5.32 Å². The van der Waals surface area contributed by atoms with E-state index in [-0.39, 0.29) is 29.7 Å². The highest BCUT2D eigenvalue weighted by Crippen LogP contribution is 2.19. The van der Waals surface area contributed by atoms with Crippen LogP contribution in [0.1, 0.15) is 13.3 Å². The predicted octanol–water partition coefficient (Wildman–Crippen LogP) is 0.426. The maximum atomic E-state index is 12.0. The molecule has 0 saturated heterocycles. The zero-order valence-corrected chi connectivity index (χ0v) is 14.0. The number of benzene rings is 1. The minimum absolute atomic E-state index is 0.167. The molecule has 8 heteroatoms. The molecule has 0 aromatic heterocycles. The number of nitrogens with one attached hydrogen (secondary N) is 1. The fourth-order valence-corrected chi connectivity index (χ4v) is 2.61. The third-order valence-electron chi connectivity index (χ3n) is 3.09. The molecule has 0 spiro atoms. The van der Waals surface area contributed by atoms with E-state index in [9.17, 15) is 18.0 Å². The number of nitrogens with zero attached hydrogens (tertiary/aromatic N) is 2. The third-order valence-corrected chi connectivity index (χ3v) is 4.92. The van der Waals surface area contributed by atoms with Crippen molar-refractivity contribution in [2.75, 3.05) is 32.6 Å². The number of carbonyl (C=O) groups is 2. The van der Waals surface area contributed by atoms with Gasteiger partial charge in [0.05, 0.1) is 4.90 Å². The molecule has 0 unspecified atom stereocenters. The molecular weight excluding hydrogens is 306 g/mol. The second kappa shape index (κ2) is 7.37. The summed E-state index contributed by atoms with van der Waals surface area (Å²) in [6.45, 7) is 1.66. The molecule has 1 aromatic rings. The van der Waals surface area contributed by atoms with E-state index in [1.54, 1.807) is 19.2 Å². The van der Waals surface area contributed by atoms with E-state index in [1.165, 1.54) is 38.1 Å². The first kappa shape index (κ1) is 18.1. The maximum absolute atomic E-state index is 12.0. The third kappa shape index (κ3) is 4.54. The zero-order chi connectivity index (χ0) is 16.9. The Labute approximate surface area is 131 Å². The first-order chi connectivity index (χ1) is 10.2. The molecule has 0 heterocycles. The van der Waals surface area contributed by atoms with Crippen molar-refractivity contribution in [1.82, 2.24) is 9.62 Å². The summed E-state index contributed by atoms with van der Waals surface area (Å²) >= 11 is 0. The molecule has 0 aliphatic rings. The van der Waals surface area contributed by atoms with E-state index in [1.807, 2.05) is 0 Å². The lowest BCUT2D eigenvalue weighted by atomic mass is 10.2. The first-order valence-corrected chi connectivity index (χ1v) is 8.14. The smallest absolute Gasteiger partial charge is 0.242 e. The summed E-state index contributed by atoms with van der Waals surface area (Å²) in [5.74, 6) is -0.356. The molecule has 0 fully saturated rings. The molecule has 0 aliphatic carbocycles. The molecule has 0 atom stereocenters. The van der Waals surface area contributed by atoms with Gasteiger partial charge in [0.2, 0.25) is 21.8 Å². The fraction of sp³-hybridized carbons (Fsp3) is 0.429. The number of amides is 2. The Morgan fingerprint density at radius 3 is 2.09 bits per heavy atom. The van der Waals surface area contributed by atoms with Gasteiger partial charge in [-0.05, 0) is 24.3 Å². The zero-order valence-electron chi connectivity index (χ0n) is 13.2. The van der Waals surface area contributed by atoms with Crippen molar-refractivity contribution in [3.63, 3.8) is 0 Å². The Morgan fingerprint density at radius 2 is 1.64 bits per heavy atom. The van der Waals surface area contributed by atoms with Crippen LogP contribution in [0.15, 0.2) is 29.2 Å². The van der Waals surface area contributed by atoms with Gasteiger partial charge in [0.15, 0.2) is 0 Å². The van der Waals surface area contributed by atoms with Crippen LogP contribution in [0.3, 0.4) is 0 Å². The summed E-state index contributed by atoms with van der Waals surface area (Å²) in [6, 6.07) is 6.07. The van der Waals surface area contributed by atoms with Crippen molar-refractivity contribution >= 4 is 27.5 Å². The molecule has 1 N–H and O–H groups in total. The van der Waals surface area contributed by atoms with E-state index < -0.39 is 10.0 Å². The van der Waals surface area contributed by atoms with Crippen molar-refractivity contribution in [3.05, 3.63) is 24.3 Å². The van der Waals surface area contributed by atoms with Crippen molar-refractivity contribution in [2.45, 2.75) is 18.2 Å². The number of hydrogen-bond acceptors (Lipinski definition) is 4. The van der Waals surface area contributed by atoms with Gasteiger partial charge in [-0.25, -0.2) is 12.7 Å². The maximum Gasteiger partial charge on any atom is 0.242 e. The Hall–Kier alpha value is -1.93. The molecule has 7 nitrogen and oxygen atoms in total. The van der Waals surface area contributed by atoms with Crippen molar-refractivity contribution in [2.24, 2.45) is 0 Å². The van der Waals surface area contributed by atoms with Crippen LogP contribution in [-0.2, 0) is 19.6 Å². The van der Waals surface area contributed by atoms with Gasteiger partial charge in [0.25, 0.3) is 0 Å². The van der Waals surface area contributed by atoms with Crippen LogP contribution in [0.4, 0.5) is 5.69 Å². The van der Waals surface area contributed by atoms with Crippen LogP contribution in [0.2, 0.25) is 0 Å². The highest BCUT2D eigenvalue weighted by Gasteiger charge is 2.18. The van der Waals surface area contributed by atoms with E-state index in [0.717, 1.165) is 4.31 Å². The number of anilines is 1. The number of rotatable bonds is 6. The van der Waals surface area contributed by atoms with Crippen LogP contribution in [0, 0.1) is 0 Å². The van der Waals surface area contributed by atoms with Gasteiger partial charge in [-0.3, -0.25) is 9.59 Å². The summed E-state index contributed by atoms with van der Waals surface area (Å²) in [4.78, 5) is 24.3. The van der Waals surface area contributed by atoms with E-state index in [4.69, 9.17) is 0 Å². The molecule has 122 valence electrons. The monoisotopic (exact) mass is 327 g/mol.